The van der Waals surface area contributed by atoms with E-state index in [1.54, 1.807) is 4.90 Å². The summed E-state index contributed by atoms with van der Waals surface area (Å²) in [5, 5.41) is 17.5. The highest BCUT2D eigenvalue weighted by molar-refractivity contribution is 5.91. The first kappa shape index (κ1) is 30.7. The van der Waals surface area contributed by atoms with E-state index < -0.39 is 17.7 Å². The van der Waals surface area contributed by atoms with Gasteiger partial charge in [0.15, 0.2) is 0 Å². The molecule has 2 fully saturated rings. The number of hydrogen-bond acceptors (Lipinski definition) is 5. The standard InChI is InChI=1S/C37H41N7O3/c1-22(2)32(43-36(46)47)34(45)44-17-5-15-37(44,3)35-40-21-31(42-35)28-14-13-26-18-25(11-12-27(26)19-28)23-7-9-24(10-8-23)30-20-39-33(41-30)29-6-4-16-38-29/h7-14,18-22,29,32,38,43H,4-6,15-17H2,1-3H3,(H,39,41)(H,40,42)(H,46,47)/t29?,32-,37-/m0/s1. The summed E-state index contributed by atoms with van der Waals surface area (Å²) in [5.74, 6) is 1.32. The Kier molecular flexibility index (Phi) is 8.05. The topological polar surface area (TPSA) is 139 Å². The number of likely N-dealkylation sites (tertiary alicyclic amines) is 1. The van der Waals surface area contributed by atoms with E-state index in [1.165, 1.54) is 6.42 Å². The van der Waals surface area contributed by atoms with Crippen LogP contribution in [0, 0.1) is 5.92 Å². The highest BCUT2D eigenvalue weighted by Crippen LogP contribution is 2.39. The first-order valence-electron chi connectivity index (χ1n) is 16.5. The van der Waals surface area contributed by atoms with Crippen molar-refractivity contribution in [3.05, 3.63) is 84.7 Å². The summed E-state index contributed by atoms with van der Waals surface area (Å²) in [7, 11) is 0. The van der Waals surface area contributed by atoms with E-state index in [0.29, 0.717) is 18.4 Å². The number of amides is 2. The summed E-state index contributed by atoms with van der Waals surface area (Å²) in [6.07, 6.45) is 6.41. The Hall–Kier alpha value is -4.96. The predicted octanol–water partition coefficient (Wildman–Crippen LogP) is 6.84. The van der Waals surface area contributed by atoms with Crippen molar-refractivity contribution in [2.45, 2.75) is 64.1 Å². The second-order valence-electron chi connectivity index (χ2n) is 13.4. The van der Waals surface area contributed by atoms with Gasteiger partial charge in [0.05, 0.1) is 35.4 Å². The third kappa shape index (κ3) is 5.89. The van der Waals surface area contributed by atoms with Gasteiger partial charge in [-0.25, -0.2) is 14.8 Å². The number of carboxylic acid groups (broad SMARTS) is 1. The van der Waals surface area contributed by atoms with Crippen LogP contribution in [0.15, 0.2) is 73.1 Å². The zero-order valence-electron chi connectivity index (χ0n) is 27.0. The van der Waals surface area contributed by atoms with Crippen molar-refractivity contribution >= 4 is 22.8 Å². The molecule has 3 atom stereocenters. The van der Waals surface area contributed by atoms with Crippen molar-refractivity contribution in [2.24, 2.45) is 5.92 Å². The number of imidazole rings is 2. The third-order valence-corrected chi connectivity index (χ3v) is 9.87. The van der Waals surface area contributed by atoms with Crippen LogP contribution >= 0.6 is 0 Å². The van der Waals surface area contributed by atoms with Crippen LogP contribution in [0.4, 0.5) is 4.79 Å². The molecule has 5 N–H and O–H groups in total. The lowest BCUT2D eigenvalue weighted by Gasteiger charge is -2.36. The predicted molar refractivity (Wildman–Crippen MR) is 183 cm³/mol. The highest BCUT2D eigenvalue weighted by Gasteiger charge is 2.45. The van der Waals surface area contributed by atoms with E-state index in [1.807, 2.05) is 33.2 Å². The molecule has 242 valence electrons. The minimum atomic E-state index is -1.20. The zero-order chi connectivity index (χ0) is 32.7. The van der Waals surface area contributed by atoms with Gasteiger partial charge in [0.25, 0.3) is 0 Å². The molecule has 2 saturated heterocycles. The average molecular weight is 632 g/mol. The Labute approximate surface area is 274 Å². The van der Waals surface area contributed by atoms with Gasteiger partial charge in [0.2, 0.25) is 5.91 Å². The van der Waals surface area contributed by atoms with E-state index in [2.05, 4.69) is 86.2 Å². The lowest BCUT2D eigenvalue weighted by Crippen LogP contribution is -2.54. The van der Waals surface area contributed by atoms with Gasteiger partial charge in [-0.1, -0.05) is 62.4 Å². The molecule has 10 heteroatoms. The quantitative estimate of drug-likeness (QED) is 0.127. The SMILES string of the molecule is CC(C)[C@H](NC(=O)O)C(=O)N1CCC[C@@]1(C)c1ncc(-c2ccc3cc(-c4ccc(-c5cnc(C6CCCN6)[nH]5)cc4)ccc3c2)[nH]1. The highest BCUT2D eigenvalue weighted by atomic mass is 16.4. The maximum Gasteiger partial charge on any atom is 0.405 e. The van der Waals surface area contributed by atoms with Crippen LogP contribution in [0.25, 0.3) is 44.4 Å². The summed E-state index contributed by atoms with van der Waals surface area (Å²) < 4.78 is 0. The number of fused-ring (bicyclic) bond motifs is 1. The van der Waals surface area contributed by atoms with Crippen molar-refractivity contribution in [1.29, 1.82) is 0 Å². The molecule has 4 heterocycles. The first-order chi connectivity index (χ1) is 22.7. The second-order valence-corrected chi connectivity index (χ2v) is 13.4. The van der Waals surface area contributed by atoms with E-state index in [0.717, 1.165) is 76.0 Å². The van der Waals surface area contributed by atoms with Crippen LogP contribution in [0.5, 0.6) is 0 Å². The largest absolute Gasteiger partial charge is 0.465 e. The summed E-state index contributed by atoms with van der Waals surface area (Å²) in [4.78, 5) is 43.1. The third-order valence-electron chi connectivity index (χ3n) is 9.87. The lowest BCUT2D eigenvalue weighted by atomic mass is 9.95. The van der Waals surface area contributed by atoms with Gasteiger partial charge < -0.3 is 30.6 Å². The van der Waals surface area contributed by atoms with Crippen molar-refractivity contribution in [1.82, 2.24) is 35.5 Å². The van der Waals surface area contributed by atoms with Crippen molar-refractivity contribution in [3.8, 4) is 33.6 Å². The number of carbonyl (C=O) groups excluding carboxylic acids is 1. The van der Waals surface area contributed by atoms with Gasteiger partial charge in [-0.2, -0.15) is 0 Å². The average Bonchev–Trinajstić information content (AvgIpc) is 3.90. The number of carbonyl (C=O) groups is 2. The fourth-order valence-electron chi connectivity index (χ4n) is 7.13. The molecule has 2 aliphatic rings. The fraction of sp³-hybridized carbons (Fsp3) is 0.351. The molecule has 5 aromatic rings. The van der Waals surface area contributed by atoms with Gasteiger partial charge in [-0.3, -0.25) is 4.79 Å². The van der Waals surface area contributed by atoms with Crippen LogP contribution in [0.2, 0.25) is 0 Å². The summed E-state index contributed by atoms with van der Waals surface area (Å²) >= 11 is 0. The molecule has 0 spiro atoms. The number of H-pyrrole nitrogens is 2. The molecule has 47 heavy (non-hydrogen) atoms. The zero-order valence-corrected chi connectivity index (χ0v) is 27.0. The molecular formula is C37H41N7O3. The molecule has 1 unspecified atom stereocenters. The normalized spacial score (nSPS) is 20.3. The number of aromatic nitrogens is 4. The Balaban J connectivity index is 1.08. The summed E-state index contributed by atoms with van der Waals surface area (Å²) in [5.41, 5.74) is 5.67. The number of aromatic amines is 2. The van der Waals surface area contributed by atoms with Crippen LogP contribution in [0.1, 0.15) is 64.1 Å². The maximum absolute atomic E-state index is 13.5. The first-order valence-corrected chi connectivity index (χ1v) is 16.5. The van der Waals surface area contributed by atoms with Crippen molar-refractivity contribution in [3.63, 3.8) is 0 Å². The molecule has 2 amide bonds. The Morgan fingerprint density at radius 3 is 2.26 bits per heavy atom. The van der Waals surface area contributed by atoms with Gasteiger partial charge in [0.1, 0.15) is 17.7 Å². The van der Waals surface area contributed by atoms with E-state index in [9.17, 15) is 14.7 Å². The number of nitrogens with one attached hydrogen (secondary N) is 4. The number of nitrogens with zero attached hydrogens (tertiary/aromatic N) is 3. The Morgan fingerprint density at radius 2 is 1.55 bits per heavy atom. The van der Waals surface area contributed by atoms with Crippen LogP contribution in [0.3, 0.4) is 0 Å². The summed E-state index contributed by atoms with van der Waals surface area (Å²) in [6, 6.07) is 21.0. The van der Waals surface area contributed by atoms with Gasteiger partial charge in [-0.05, 0) is 84.7 Å². The minimum Gasteiger partial charge on any atom is -0.465 e. The molecule has 10 nitrogen and oxygen atoms in total. The fourth-order valence-corrected chi connectivity index (χ4v) is 7.13. The van der Waals surface area contributed by atoms with Crippen molar-refractivity contribution in [2.75, 3.05) is 13.1 Å². The maximum atomic E-state index is 13.5. The van der Waals surface area contributed by atoms with E-state index in [-0.39, 0.29) is 11.8 Å². The number of benzene rings is 3. The Bertz CT molecular complexity index is 1920. The molecule has 2 aromatic heterocycles. The molecule has 7 rings (SSSR count). The van der Waals surface area contributed by atoms with E-state index >= 15 is 0 Å². The monoisotopic (exact) mass is 631 g/mol. The molecular weight excluding hydrogens is 590 g/mol. The summed E-state index contributed by atoms with van der Waals surface area (Å²) in [6.45, 7) is 7.31. The smallest absolute Gasteiger partial charge is 0.405 e. The molecule has 2 aliphatic heterocycles. The molecule has 0 saturated carbocycles. The lowest BCUT2D eigenvalue weighted by molar-refractivity contribution is -0.138. The minimum absolute atomic E-state index is 0.178. The molecule has 3 aromatic carbocycles. The molecule has 0 aliphatic carbocycles. The van der Waals surface area contributed by atoms with Crippen LogP contribution in [-0.4, -0.2) is 61.1 Å². The number of hydrogen-bond donors (Lipinski definition) is 5. The van der Waals surface area contributed by atoms with Gasteiger partial charge >= 0.3 is 6.09 Å². The Morgan fingerprint density at radius 1 is 0.894 bits per heavy atom. The number of rotatable bonds is 8. The molecule has 0 bridgehead atoms. The second kappa shape index (κ2) is 12.3. The van der Waals surface area contributed by atoms with Crippen LogP contribution < -0.4 is 10.6 Å². The molecule has 0 radical (unpaired) electrons. The van der Waals surface area contributed by atoms with E-state index in [4.69, 9.17) is 4.98 Å². The van der Waals surface area contributed by atoms with Crippen LogP contribution in [-0.2, 0) is 10.3 Å². The van der Waals surface area contributed by atoms with Gasteiger partial charge in [-0.15, -0.1) is 0 Å². The van der Waals surface area contributed by atoms with Gasteiger partial charge in [0, 0.05) is 12.1 Å². The van der Waals surface area contributed by atoms with Crippen molar-refractivity contribution < 1.29 is 14.7 Å².